The number of nitrogens with one attached hydrogen (secondary N) is 1. The second-order valence-electron chi connectivity index (χ2n) is 9.57. The van der Waals surface area contributed by atoms with E-state index < -0.39 is 25.1 Å². The fourth-order valence-corrected chi connectivity index (χ4v) is 5.19. The zero-order chi connectivity index (χ0) is 24.6. The minimum atomic E-state index is -3.23. The lowest BCUT2D eigenvalue weighted by Crippen LogP contribution is -2.53. The number of nitrogens with zero attached hydrogens (tertiary/aromatic N) is 4. The van der Waals surface area contributed by atoms with E-state index in [9.17, 15) is 18.3 Å². The van der Waals surface area contributed by atoms with Gasteiger partial charge in [0.1, 0.15) is 18.5 Å². The van der Waals surface area contributed by atoms with Crippen molar-refractivity contribution in [2.24, 2.45) is 0 Å². The Kier molecular flexibility index (Phi) is 6.69. The molecule has 0 amide bonds. The van der Waals surface area contributed by atoms with E-state index in [2.05, 4.69) is 20.1 Å². The number of aliphatic hydroxyl groups excluding tert-OH is 1. The average molecular weight is 490 g/mol. The first kappa shape index (κ1) is 24.0. The molecular weight excluding hydrogens is 459 g/mol. The topological polar surface area (TPSA) is 77.5 Å². The maximum Gasteiger partial charge on any atom is 0.283 e. The SMILES string of the molecule is C[C@@H]1Cc2c(ccc3[nH]ncc23)C(c2ccc(OC3CN(CCCF)C3)cn2)N1CC(F)(F)CO. The van der Waals surface area contributed by atoms with Gasteiger partial charge in [0, 0.05) is 31.1 Å². The number of hydrogen-bond donors (Lipinski definition) is 2. The number of ether oxygens (including phenoxy) is 1. The molecule has 1 unspecified atom stereocenters. The summed E-state index contributed by atoms with van der Waals surface area (Å²) < 4.78 is 47.1. The highest BCUT2D eigenvalue weighted by molar-refractivity contribution is 5.83. The number of alkyl halides is 3. The Labute approximate surface area is 201 Å². The van der Waals surface area contributed by atoms with E-state index in [1.54, 1.807) is 17.3 Å². The van der Waals surface area contributed by atoms with Crippen LogP contribution in [0, 0.1) is 0 Å². The van der Waals surface area contributed by atoms with Gasteiger partial charge in [-0.05, 0) is 49.1 Å². The minimum Gasteiger partial charge on any atom is -0.486 e. The van der Waals surface area contributed by atoms with E-state index in [1.165, 1.54) is 0 Å². The highest BCUT2D eigenvalue weighted by atomic mass is 19.3. The summed E-state index contributed by atoms with van der Waals surface area (Å²) >= 11 is 0. The van der Waals surface area contributed by atoms with Gasteiger partial charge in [0.2, 0.25) is 0 Å². The minimum absolute atomic E-state index is 0.0341. The van der Waals surface area contributed by atoms with Crippen molar-refractivity contribution in [1.29, 1.82) is 0 Å². The Morgan fingerprint density at radius 3 is 2.74 bits per heavy atom. The highest BCUT2D eigenvalue weighted by Crippen LogP contribution is 2.41. The molecule has 5 rings (SSSR count). The monoisotopic (exact) mass is 489 g/mol. The molecule has 4 heterocycles. The number of likely N-dealkylation sites (tertiary alicyclic amines) is 1. The standard InChI is InChI=1S/C25H30F3N5O2/c1-16-9-20-19(4-6-22-21(20)11-30-31-22)24(33(16)14-25(27,28)15-34)23-5-3-17(10-29-23)35-18-12-32(13-18)8-2-7-26/h3-6,10-11,16,18,24,34H,2,7-9,12-15H2,1H3,(H,30,31)/t16-,24?/m1/s1. The van der Waals surface area contributed by atoms with Gasteiger partial charge in [0.05, 0.1) is 42.9 Å². The number of hydrogen-bond acceptors (Lipinski definition) is 6. The lowest BCUT2D eigenvalue weighted by molar-refractivity contribution is -0.0864. The summed E-state index contributed by atoms with van der Waals surface area (Å²) in [5.41, 5.74) is 3.53. The lowest BCUT2D eigenvalue weighted by atomic mass is 9.85. The zero-order valence-electron chi connectivity index (χ0n) is 19.6. The Hall–Kier alpha value is -2.69. The van der Waals surface area contributed by atoms with Crippen LogP contribution in [0.15, 0.2) is 36.7 Å². The van der Waals surface area contributed by atoms with Crippen molar-refractivity contribution in [3.05, 3.63) is 53.5 Å². The van der Waals surface area contributed by atoms with Gasteiger partial charge >= 0.3 is 0 Å². The van der Waals surface area contributed by atoms with Crippen LogP contribution in [0.3, 0.4) is 0 Å². The number of aromatic amines is 1. The predicted molar refractivity (Wildman–Crippen MR) is 126 cm³/mol. The molecule has 1 saturated heterocycles. The molecule has 0 spiro atoms. The second-order valence-corrected chi connectivity index (χ2v) is 9.57. The molecule has 0 radical (unpaired) electrons. The quantitative estimate of drug-likeness (QED) is 0.480. The number of aliphatic hydroxyl groups is 1. The van der Waals surface area contributed by atoms with Crippen molar-refractivity contribution >= 4 is 10.9 Å². The van der Waals surface area contributed by atoms with Gasteiger partial charge in [0.25, 0.3) is 5.92 Å². The van der Waals surface area contributed by atoms with Crippen molar-refractivity contribution < 1.29 is 23.0 Å². The third-order valence-electron chi connectivity index (χ3n) is 6.98. The first-order valence-corrected chi connectivity index (χ1v) is 12.0. The molecule has 0 aliphatic carbocycles. The summed E-state index contributed by atoms with van der Waals surface area (Å²) in [5, 5.41) is 17.4. The van der Waals surface area contributed by atoms with Crippen molar-refractivity contribution in [3.63, 3.8) is 0 Å². The van der Waals surface area contributed by atoms with Gasteiger partial charge in [-0.2, -0.15) is 5.10 Å². The van der Waals surface area contributed by atoms with Gasteiger partial charge < -0.3 is 9.84 Å². The fourth-order valence-electron chi connectivity index (χ4n) is 5.19. The van der Waals surface area contributed by atoms with Crippen molar-refractivity contribution in [2.75, 3.05) is 39.5 Å². The van der Waals surface area contributed by atoms with Crippen molar-refractivity contribution in [3.8, 4) is 5.75 Å². The predicted octanol–water partition coefficient (Wildman–Crippen LogP) is 3.34. The molecule has 7 nitrogen and oxygen atoms in total. The summed E-state index contributed by atoms with van der Waals surface area (Å²) in [6, 6.07) is 6.81. The summed E-state index contributed by atoms with van der Waals surface area (Å²) in [4.78, 5) is 8.49. The molecule has 0 saturated carbocycles. The molecule has 2 aliphatic rings. The number of pyridine rings is 1. The molecule has 2 aliphatic heterocycles. The molecule has 2 atom stereocenters. The molecule has 2 aromatic heterocycles. The van der Waals surface area contributed by atoms with E-state index in [4.69, 9.17) is 4.74 Å². The smallest absolute Gasteiger partial charge is 0.283 e. The average Bonchev–Trinajstić information content (AvgIpc) is 3.31. The summed E-state index contributed by atoms with van der Waals surface area (Å²) in [6.07, 6.45) is 4.56. The molecule has 1 aromatic carbocycles. The van der Waals surface area contributed by atoms with Crippen LogP contribution >= 0.6 is 0 Å². The Morgan fingerprint density at radius 1 is 1.20 bits per heavy atom. The largest absolute Gasteiger partial charge is 0.486 e. The normalized spacial score (nSPS) is 21.7. The molecule has 0 bridgehead atoms. The second kappa shape index (κ2) is 9.75. The van der Waals surface area contributed by atoms with Crippen LogP contribution < -0.4 is 4.74 Å². The number of fused-ring (bicyclic) bond motifs is 3. The zero-order valence-corrected chi connectivity index (χ0v) is 19.6. The Bertz CT molecular complexity index is 1150. The van der Waals surface area contributed by atoms with Crippen LogP contribution in [0.2, 0.25) is 0 Å². The van der Waals surface area contributed by atoms with Crippen LogP contribution in [-0.2, 0) is 6.42 Å². The first-order valence-electron chi connectivity index (χ1n) is 12.0. The number of halogens is 3. The molecule has 10 heteroatoms. The molecule has 35 heavy (non-hydrogen) atoms. The van der Waals surface area contributed by atoms with E-state index in [0.29, 0.717) is 24.3 Å². The molecule has 2 N–H and O–H groups in total. The number of aromatic nitrogens is 3. The highest BCUT2D eigenvalue weighted by Gasteiger charge is 2.41. The summed E-state index contributed by atoms with van der Waals surface area (Å²) in [5.74, 6) is -2.61. The van der Waals surface area contributed by atoms with E-state index in [-0.39, 0.29) is 18.8 Å². The summed E-state index contributed by atoms with van der Waals surface area (Å²) in [7, 11) is 0. The van der Waals surface area contributed by atoms with E-state index in [0.717, 1.165) is 41.7 Å². The fraction of sp³-hybridized carbons (Fsp3) is 0.520. The molecule has 188 valence electrons. The maximum atomic E-state index is 14.4. The Balaban J connectivity index is 1.41. The van der Waals surface area contributed by atoms with E-state index in [1.807, 2.05) is 31.2 Å². The van der Waals surface area contributed by atoms with Gasteiger partial charge in [-0.3, -0.25) is 24.3 Å². The van der Waals surface area contributed by atoms with Crippen molar-refractivity contribution in [1.82, 2.24) is 25.0 Å². The van der Waals surface area contributed by atoms with Crippen LogP contribution in [0.1, 0.15) is 36.2 Å². The van der Waals surface area contributed by atoms with Gasteiger partial charge in [0.15, 0.2) is 0 Å². The number of benzene rings is 1. The number of rotatable bonds is 9. The van der Waals surface area contributed by atoms with Crippen LogP contribution in [0.25, 0.3) is 10.9 Å². The Morgan fingerprint density at radius 2 is 2.03 bits per heavy atom. The van der Waals surface area contributed by atoms with Crippen molar-refractivity contribution in [2.45, 2.75) is 43.9 Å². The van der Waals surface area contributed by atoms with Crippen LogP contribution in [0.5, 0.6) is 5.75 Å². The molecule has 1 fully saturated rings. The third-order valence-corrected chi connectivity index (χ3v) is 6.98. The number of H-pyrrole nitrogens is 1. The van der Waals surface area contributed by atoms with Crippen LogP contribution in [-0.4, -0.2) is 87.6 Å². The first-order chi connectivity index (χ1) is 16.9. The molecular formula is C25H30F3N5O2. The van der Waals surface area contributed by atoms with E-state index >= 15 is 0 Å². The lowest BCUT2D eigenvalue weighted by Gasteiger charge is -2.43. The molecule has 3 aromatic rings. The third kappa shape index (κ3) is 4.87. The maximum absolute atomic E-state index is 14.4. The van der Waals surface area contributed by atoms with Gasteiger partial charge in [-0.15, -0.1) is 0 Å². The van der Waals surface area contributed by atoms with Gasteiger partial charge in [-0.25, -0.2) is 8.78 Å². The van der Waals surface area contributed by atoms with Gasteiger partial charge in [-0.1, -0.05) is 6.07 Å². The van der Waals surface area contributed by atoms with Crippen LogP contribution in [0.4, 0.5) is 13.2 Å². The summed E-state index contributed by atoms with van der Waals surface area (Å²) in [6.45, 7) is 2.05.